The molecule has 0 heterocycles. The maximum atomic E-state index is 10.9. The quantitative estimate of drug-likeness (QED) is 0.616. The van der Waals surface area contributed by atoms with E-state index < -0.39 is 16.4 Å². The lowest BCUT2D eigenvalue weighted by Crippen LogP contribution is -2.46. The fraction of sp³-hybridized carbons (Fsp3) is 0.417. The average Bonchev–Trinajstić information content (AvgIpc) is 2.27. The third kappa shape index (κ3) is 3.04. The minimum absolute atomic E-state index is 0.0439. The summed E-state index contributed by atoms with van der Waals surface area (Å²) in [4.78, 5) is 21.3. The van der Waals surface area contributed by atoms with Crippen LogP contribution in [0.25, 0.3) is 0 Å². The second-order valence-electron chi connectivity index (χ2n) is 4.60. The van der Waals surface area contributed by atoms with Gasteiger partial charge in [-0.05, 0) is 26.3 Å². The summed E-state index contributed by atoms with van der Waals surface area (Å²) in [5.74, 6) is -0.967. The largest absolute Gasteiger partial charge is 0.480 e. The lowest BCUT2D eigenvalue weighted by Gasteiger charge is -2.21. The number of carbonyl (C=O) groups is 1. The molecule has 0 aromatic heterocycles. The normalized spacial score (nSPS) is 11.3. The van der Waals surface area contributed by atoms with Gasteiger partial charge in [0.25, 0.3) is 5.69 Å². The molecule has 0 aliphatic rings. The fourth-order valence-electron chi connectivity index (χ4n) is 1.45. The Kier molecular flexibility index (Phi) is 4.03. The van der Waals surface area contributed by atoms with E-state index >= 15 is 0 Å². The summed E-state index contributed by atoms with van der Waals surface area (Å²) in [5, 5.41) is 22.6. The van der Waals surface area contributed by atoms with Gasteiger partial charge in [0, 0.05) is 18.2 Å². The van der Waals surface area contributed by atoms with E-state index in [0.717, 1.165) is 5.56 Å². The predicted molar refractivity (Wildman–Crippen MR) is 66.4 cm³/mol. The van der Waals surface area contributed by atoms with Gasteiger partial charge in [-0.2, -0.15) is 0 Å². The zero-order chi connectivity index (χ0) is 13.9. The van der Waals surface area contributed by atoms with E-state index in [1.165, 1.54) is 6.07 Å². The van der Waals surface area contributed by atoms with Gasteiger partial charge in [-0.1, -0.05) is 12.1 Å². The van der Waals surface area contributed by atoms with Gasteiger partial charge in [-0.15, -0.1) is 0 Å². The van der Waals surface area contributed by atoms with Crippen molar-refractivity contribution in [3.63, 3.8) is 0 Å². The molecule has 6 heteroatoms. The Bertz CT molecular complexity index is 483. The van der Waals surface area contributed by atoms with Crippen molar-refractivity contribution in [3.8, 4) is 0 Å². The van der Waals surface area contributed by atoms with Crippen molar-refractivity contribution in [2.45, 2.75) is 32.9 Å². The summed E-state index contributed by atoms with van der Waals surface area (Å²) >= 11 is 0. The molecule has 2 N–H and O–H groups in total. The van der Waals surface area contributed by atoms with Gasteiger partial charge < -0.3 is 5.11 Å². The molecule has 1 aromatic carbocycles. The Labute approximate surface area is 105 Å². The number of benzene rings is 1. The summed E-state index contributed by atoms with van der Waals surface area (Å²) < 4.78 is 0. The molecule has 0 radical (unpaired) electrons. The van der Waals surface area contributed by atoms with Gasteiger partial charge in [-0.25, -0.2) is 0 Å². The topological polar surface area (TPSA) is 92.5 Å². The zero-order valence-corrected chi connectivity index (χ0v) is 10.6. The van der Waals surface area contributed by atoms with Crippen LogP contribution in [-0.2, 0) is 11.3 Å². The summed E-state index contributed by atoms with van der Waals surface area (Å²) in [6, 6.07) is 4.77. The number of carboxylic acids is 1. The van der Waals surface area contributed by atoms with Crippen molar-refractivity contribution < 1.29 is 14.8 Å². The van der Waals surface area contributed by atoms with Crippen molar-refractivity contribution >= 4 is 11.7 Å². The van der Waals surface area contributed by atoms with Crippen LogP contribution in [0.4, 0.5) is 5.69 Å². The second kappa shape index (κ2) is 5.14. The van der Waals surface area contributed by atoms with E-state index in [-0.39, 0.29) is 12.2 Å². The molecule has 1 aromatic rings. The molecular formula is C12H16N2O4. The maximum absolute atomic E-state index is 10.9. The Morgan fingerprint density at radius 1 is 1.50 bits per heavy atom. The van der Waals surface area contributed by atoms with E-state index in [4.69, 9.17) is 5.11 Å². The minimum Gasteiger partial charge on any atom is -0.480 e. The first-order chi connectivity index (χ1) is 8.25. The zero-order valence-electron chi connectivity index (χ0n) is 10.6. The van der Waals surface area contributed by atoms with E-state index in [2.05, 4.69) is 5.32 Å². The number of hydrogen-bond donors (Lipinski definition) is 2. The van der Waals surface area contributed by atoms with Gasteiger partial charge in [-0.3, -0.25) is 20.2 Å². The lowest BCUT2D eigenvalue weighted by atomic mass is 10.0. The highest BCUT2D eigenvalue weighted by Gasteiger charge is 2.26. The number of nitrogens with zero attached hydrogens (tertiary/aromatic N) is 1. The molecular weight excluding hydrogens is 236 g/mol. The average molecular weight is 252 g/mol. The molecule has 18 heavy (non-hydrogen) atoms. The second-order valence-corrected chi connectivity index (χ2v) is 4.60. The molecule has 0 spiro atoms. The summed E-state index contributed by atoms with van der Waals surface area (Å²) in [5.41, 5.74) is 0.244. The summed E-state index contributed by atoms with van der Waals surface area (Å²) in [6.45, 7) is 5.01. The van der Waals surface area contributed by atoms with Crippen LogP contribution in [-0.4, -0.2) is 21.5 Å². The van der Waals surface area contributed by atoms with Crippen molar-refractivity contribution in [3.05, 3.63) is 39.4 Å². The SMILES string of the molecule is Cc1c(CNC(C)(C)C(=O)O)cccc1[N+](=O)[O-]. The lowest BCUT2D eigenvalue weighted by molar-refractivity contribution is -0.385. The molecule has 0 saturated carbocycles. The Balaban J connectivity index is 2.90. The van der Waals surface area contributed by atoms with Crippen LogP contribution in [0.3, 0.4) is 0 Å². The Morgan fingerprint density at radius 3 is 2.61 bits per heavy atom. The number of aliphatic carboxylic acids is 1. The number of nitro benzene ring substituents is 1. The van der Waals surface area contributed by atoms with Crippen LogP contribution >= 0.6 is 0 Å². The molecule has 0 fully saturated rings. The predicted octanol–water partition coefficient (Wildman–Crippen LogP) is 1.86. The molecule has 0 aliphatic carbocycles. The van der Waals surface area contributed by atoms with E-state index in [1.807, 2.05) is 0 Å². The van der Waals surface area contributed by atoms with Gasteiger partial charge in [0.1, 0.15) is 5.54 Å². The van der Waals surface area contributed by atoms with Crippen LogP contribution in [0.5, 0.6) is 0 Å². The minimum atomic E-state index is -1.07. The molecule has 0 unspecified atom stereocenters. The Hall–Kier alpha value is -1.95. The number of rotatable bonds is 5. The number of nitrogens with one attached hydrogen (secondary N) is 1. The van der Waals surface area contributed by atoms with E-state index in [0.29, 0.717) is 5.56 Å². The molecule has 6 nitrogen and oxygen atoms in total. The molecule has 98 valence electrons. The monoisotopic (exact) mass is 252 g/mol. The third-order valence-electron chi connectivity index (χ3n) is 2.87. The van der Waals surface area contributed by atoms with Crippen molar-refractivity contribution in [1.29, 1.82) is 0 Å². The van der Waals surface area contributed by atoms with Crippen molar-refractivity contribution in [2.75, 3.05) is 0 Å². The van der Waals surface area contributed by atoms with Crippen LogP contribution in [0.2, 0.25) is 0 Å². The van der Waals surface area contributed by atoms with Crippen molar-refractivity contribution in [2.24, 2.45) is 0 Å². The summed E-state index contributed by atoms with van der Waals surface area (Å²) in [6.07, 6.45) is 0. The highest BCUT2D eigenvalue weighted by atomic mass is 16.6. The van der Waals surface area contributed by atoms with Crippen LogP contribution < -0.4 is 5.32 Å². The molecule has 0 saturated heterocycles. The first-order valence-electron chi connectivity index (χ1n) is 5.47. The fourth-order valence-corrected chi connectivity index (χ4v) is 1.45. The highest BCUT2D eigenvalue weighted by Crippen LogP contribution is 2.21. The van der Waals surface area contributed by atoms with Crippen molar-refractivity contribution in [1.82, 2.24) is 5.32 Å². The smallest absolute Gasteiger partial charge is 0.323 e. The molecule has 0 bridgehead atoms. The van der Waals surface area contributed by atoms with Gasteiger partial charge in [0.05, 0.1) is 4.92 Å². The highest BCUT2D eigenvalue weighted by molar-refractivity contribution is 5.77. The standard InChI is InChI=1S/C12H16N2O4/c1-8-9(5-4-6-10(8)14(17)18)7-13-12(2,3)11(15)16/h4-6,13H,7H2,1-3H3,(H,15,16). The van der Waals surface area contributed by atoms with Gasteiger partial charge in [0.15, 0.2) is 0 Å². The number of hydrogen-bond acceptors (Lipinski definition) is 4. The van der Waals surface area contributed by atoms with Crippen LogP contribution in [0.15, 0.2) is 18.2 Å². The van der Waals surface area contributed by atoms with E-state index in [1.54, 1.807) is 32.9 Å². The molecule has 0 amide bonds. The maximum Gasteiger partial charge on any atom is 0.323 e. The molecule has 0 atom stereocenters. The number of carboxylic acid groups (broad SMARTS) is 1. The van der Waals surface area contributed by atoms with E-state index in [9.17, 15) is 14.9 Å². The third-order valence-corrected chi connectivity index (χ3v) is 2.87. The van der Waals surface area contributed by atoms with Gasteiger partial charge in [0.2, 0.25) is 0 Å². The summed E-state index contributed by atoms with van der Waals surface area (Å²) in [7, 11) is 0. The van der Waals surface area contributed by atoms with Gasteiger partial charge >= 0.3 is 5.97 Å². The first kappa shape index (κ1) is 14.1. The molecule has 1 rings (SSSR count). The molecule has 0 aliphatic heterocycles. The van der Waals surface area contributed by atoms with Crippen LogP contribution in [0, 0.1) is 17.0 Å². The van der Waals surface area contributed by atoms with Crippen LogP contribution in [0.1, 0.15) is 25.0 Å². The Morgan fingerprint density at radius 2 is 2.11 bits per heavy atom. The number of nitro groups is 1. The first-order valence-corrected chi connectivity index (χ1v) is 5.47.